The third-order valence-corrected chi connectivity index (χ3v) is 4.05. The largest absolute Gasteiger partial charge is 0.416 e. The maximum absolute atomic E-state index is 12.8. The molecular formula is C14H14F3N5O2. The van der Waals surface area contributed by atoms with Crippen molar-refractivity contribution in [3.63, 3.8) is 0 Å². The molecule has 2 heterocycles. The van der Waals surface area contributed by atoms with Crippen LogP contribution in [0.4, 0.5) is 24.5 Å². The molecule has 0 N–H and O–H groups in total. The topological polar surface area (TPSA) is 77.1 Å². The summed E-state index contributed by atoms with van der Waals surface area (Å²) in [4.78, 5) is 16.1. The zero-order valence-corrected chi connectivity index (χ0v) is 12.5. The van der Waals surface area contributed by atoms with Gasteiger partial charge in [-0.25, -0.2) is 4.98 Å². The van der Waals surface area contributed by atoms with Crippen molar-refractivity contribution < 1.29 is 18.1 Å². The van der Waals surface area contributed by atoms with Crippen LogP contribution in [0.3, 0.4) is 0 Å². The number of hydrogen-bond acceptors (Lipinski definition) is 5. The lowest BCUT2D eigenvalue weighted by Crippen LogP contribution is -2.33. The van der Waals surface area contributed by atoms with Crippen LogP contribution in [0.2, 0.25) is 0 Å². The van der Waals surface area contributed by atoms with E-state index in [2.05, 4.69) is 10.1 Å². The SMILES string of the molecule is O=[N+]([O-])c1cc(C(F)(F)F)ccc1N1CCCC1Cn1cncn1. The highest BCUT2D eigenvalue weighted by Crippen LogP contribution is 2.38. The Balaban J connectivity index is 1.93. The number of rotatable bonds is 4. The normalized spacial score (nSPS) is 18.1. The van der Waals surface area contributed by atoms with E-state index in [0.29, 0.717) is 19.2 Å². The minimum Gasteiger partial charge on any atom is -0.361 e. The summed E-state index contributed by atoms with van der Waals surface area (Å²) in [5.74, 6) is 0. The van der Waals surface area contributed by atoms with Crippen LogP contribution in [0.1, 0.15) is 18.4 Å². The van der Waals surface area contributed by atoms with E-state index in [4.69, 9.17) is 0 Å². The van der Waals surface area contributed by atoms with Crippen LogP contribution < -0.4 is 4.90 Å². The van der Waals surface area contributed by atoms with Crippen molar-refractivity contribution in [2.45, 2.75) is 31.6 Å². The number of halogens is 3. The molecule has 1 fully saturated rings. The van der Waals surface area contributed by atoms with Crippen LogP contribution in [-0.4, -0.2) is 32.3 Å². The second kappa shape index (κ2) is 6.10. The second-order valence-electron chi connectivity index (χ2n) is 5.57. The van der Waals surface area contributed by atoms with Crippen molar-refractivity contribution in [2.75, 3.05) is 11.4 Å². The highest BCUT2D eigenvalue weighted by atomic mass is 19.4. The first-order chi connectivity index (χ1) is 11.4. The fourth-order valence-corrected chi connectivity index (χ4v) is 2.97. The summed E-state index contributed by atoms with van der Waals surface area (Å²) in [7, 11) is 0. The van der Waals surface area contributed by atoms with Crippen LogP contribution in [-0.2, 0) is 12.7 Å². The minimum absolute atomic E-state index is 0.0814. The van der Waals surface area contributed by atoms with Crippen molar-refractivity contribution in [1.29, 1.82) is 0 Å². The van der Waals surface area contributed by atoms with Crippen molar-refractivity contribution in [1.82, 2.24) is 14.8 Å². The molecule has 0 amide bonds. The fraction of sp³-hybridized carbons (Fsp3) is 0.429. The zero-order valence-electron chi connectivity index (χ0n) is 12.5. The molecule has 1 unspecified atom stereocenters. The van der Waals surface area contributed by atoms with E-state index in [9.17, 15) is 23.3 Å². The number of anilines is 1. The Morgan fingerprint density at radius 3 is 2.79 bits per heavy atom. The number of benzene rings is 1. The van der Waals surface area contributed by atoms with Gasteiger partial charge >= 0.3 is 6.18 Å². The molecule has 1 aromatic heterocycles. The van der Waals surface area contributed by atoms with E-state index in [-0.39, 0.29) is 11.7 Å². The maximum Gasteiger partial charge on any atom is 0.416 e. The average Bonchev–Trinajstić information content (AvgIpc) is 3.18. The molecule has 0 bridgehead atoms. The summed E-state index contributed by atoms with van der Waals surface area (Å²) < 4.78 is 40.1. The number of nitrogens with zero attached hydrogens (tertiary/aromatic N) is 5. The standard InChI is InChI=1S/C14H14F3N5O2/c15-14(16,17)10-3-4-12(13(6-10)22(23)24)21-5-1-2-11(21)7-20-9-18-8-19-20/h3-4,6,8-9,11H,1-2,5,7H2. The molecule has 0 aliphatic carbocycles. The number of nitro benzene ring substituents is 1. The summed E-state index contributed by atoms with van der Waals surface area (Å²) in [5, 5.41) is 15.3. The van der Waals surface area contributed by atoms with Crippen LogP contribution in [0, 0.1) is 10.1 Å². The quantitative estimate of drug-likeness (QED) is 0.631. The van der Waals surface area contributed by atoms with E-state index in [0.717, 1.165) is 18.9 Å². The van der Waals surface area contributed by atoms with Gasteiger partial charge in [0.05, 0.1) is 17.0 Å². The summed E-state index contributed by atoms with van der Waals surface area (Å²) in [6.45, 7) is 1.02. The third-order valence-electron chi connectivity index (χ3n) is 4.05. The van der Waals surface area contributed by atoms with Crippen molar-refractivity contribution >= 4 is 11.4 Å². The van der Waals surface area contributed by atoms with Gasteiger partial charge < -0.3 is 4.90 Å². The molecule has 1 atom stereocenters. The predicted molar refractivity (Wildman–Crippen MR) is 78.5 cm³/mol. The van der Waals surface area contributed by atoms with E-state index in [1.54, 1.807) is 9.58 Å². The second-order valence-corrected chi connectivity index (χ2v) is 5.57. The molecular weight excluding hydrogens is 327 g/mol. The van der Waals surface area contributed by atoms with Crippen molar-refractivity contribution in [3.05, 3.63) is 46.5 Å². The zero-order chi connectivity index (χ0) is 17.3. The van der Waals surface area contributed by atoms with E-state index >= 15 is 0 Å². The molecule has 10 heteroatoms. The molecule has 2 aromatic rings. The van der Waals surface area contributed by atoms with Gasteiger partial charge in [0.1, 0.15) is 18.3 Å². The van der Waals surface area contributed by atoms with Crippen molar-refractivity contribution in [3.8, 4) is 0 Å². The van der Waals surface area contributed by atoms with Crippen LogP contribution in [0.5, 0.6) is 0 Å². The highest BCUT2D eigenvalue weighted by Gasteiger charge is 2.35. The molecule has 0 radical (unpaired) electrons. The molecule has 0 spiro atoms. The summed E-state index contributed by atoms with van der Waals surface area (Å²) in [6.07, 6.45) is -0.110. The van der Waals surface area contributed by atoms with Crippen LogP contribution in [0.25, 0.3) is 0 Å². The summed E-state index contributed by atoms with van der Waals surface area (Å²) in [6, 6.07) is 2.58. The first-order valence-corrected chi connectivity index (χ1v) is 7.31. The summed E-state index contributed by atoms with van der Waals surface area (Å²) in [5.41, 5.74) is -1.35. The number of hydrogen-bond donors (Lipinski definition) is 0. The average molecular weight is 341 g/mol. The summed E-state index contributed by atoms with van der Waals surface area (Å²) >= 11 is 0. The molecule has 24 heavy (non-hydrogen) atoms. The van der Waals surface area contributed by atoms with E-state index in [1.807, 2.05) is 0 Å². The van der Waals surface area contributed by atoms with Gasteiger partial charge in [-0.2, -0.15) is 18.3 Å². The molecule has 0 saturated carbocycles. The van der Waals surface area contributed by atoms with Gasteiger partial charge in [-0.3, -0.25) is 14.8 Å². The number of aromatic nitrogens is 3. The lowest BCUT2D eigenvalue weighted by Gasteiger charge is -2.26. The number of alkyl halides is 3. The van der Waals surface area contributed by atoms with E-state index in [1.165, 1.54) is 18.7 Å². The first-order valence-electron chi connectivity index (χ1n) is 7.31. The van der Waals surface area contributed by atoms with Gasteiger partial charge in [0.15, 0.2) is 0 Å². The van der Waals surface area contributed by atoms with Gasteiger partial charge in [0.2, 0.25) is 0 Å². The fourth-order valence-electron chi connectivity index (χ4n) is 2.97. The van der Waals surface area contributed by atoms with Crippen molar-refractivity contribution in [2.24, 2.45) is 0 Å². The lowest BCUT2D eigenvalue weighted by atomic mass is 10.1. The maximum atomic E-state index is 12.8. The monoisotopic (exact) mass is 341 g/mol. The molecule has 1 aliphatic rings. The molecule has 7 nitrogen and oxygen atoms in total. The molecule has 1 saturated heterocycles. The Labute approximate surface area is 134 Å². The van der Waals surface area contributed by atoms with Gasteiger partial charge in [0, 0.05) is 18.7 Å². The molecule has 128 valence electrons. The lowest BCUT2D eigenvalue weighted by molar-refractivity contribution is -0.384. The van der Waals surface area contributed by atoms with Crippen LogP contribution in [0.15, 0.2) is 30.9 Å². The van der Waals surface area contributed by atoms with Gasteiger partial charge in [0.25, 0.3) is 5.69 Å². The minimum atomic E-state index is -4.62. The first kappa shape index (κ1) is 16.2. The Hall–Kier alpha value is -2.65. The predicted octanol–water partition coefficient (Wildman–Crippen LogP) is 2.87. The number of nitro groups is 1. The smallest absolute Gasteiger partial charge is 0.361 e. The molecule has 1 aliphatic heterocycles. The Bertz CT molecular complexity index is 733. The highest BCUT2D eigenvalue weighted by molar-refractivity contribution is 5.65. The van der Waals surface area contributed by atoms with Gasteiger partial charge in [-0.05, 0) is 25.0 Å². The van der Waals surface area contributed by atoms with Gasteiger partial charge in [-0.15, -0.1) is 0 Å². The Morgan fingerprint density at radius 1 is 1.38 bits per heavy atom. The van der Waals surface area contributed by atoms with Crippen LogP contribution >= 0.6 is 0 Å². The van der Waals surface area contributed by atoms with Gasteiger partial charge in [-0.1, -0.05) is 0 Å². The van der Waals surface area contributed by atoms with E-state index < -0.39 is 22.4 Å². The molecule has 1 aromatic carbocycles. The Morgan fingerprint density at radius 2 is 2.17 bits per heavy atom. The molecule has 3 rings (SSSR count). The third kappa shape index (κ3) is 3.17. The Kier molecular flexibility index (Phi) is 4.12.